The van der Waals surface area contributed by atoms with E-state index in [1.807, 2.05) is 12.1 Å². The fourth-order valence-corrected chi connectivity index (χ4v) is 5.18. The summed E-state index contributed by atoms with van der Waals surface area (Å²) in [6, 6.07) is 15.1. The van der Waals surface area contributed by atoms with Crippen molar-refractivity contribution in [2.24, 2.45) is 0 Å². The van der Waals surface area contributed by atoms with Gasteiger partial charge in [-0.3, -0.25) is 0 Å². The van der Waals surface area contributed by atoms with E-state index >= 15 is 0 Å². The molecule has 3 nitrogen and oxygen atoms in total. The van der Waals surface area contributed by atoms with Gasteiger partial charge in [0.15, 0.2) is 0 Å². The van der Waals surface area contributed by atoms with Gasteiger partial charge in [-0.15, -0.1) is 0 Å². The first-order chi connectivity index (χ1) is 15.0. The Hall–Kier alpha value is -2.22. The van der Waals surface area contributed by atoms with E-state index in [9.17, 15) is 4.39 Å². The van der Waals surface area contributed by atoms with Crippen LogP contribution in [0.15, 0.2) is 36.4 Å². The molecule has 2 fully saturated rings. The van der Waals surface area contributed by atoms with Gasteiger partial charge in [0.05, 0.1) is 5.56 Å². The van der Waals surface area contributed by atoms with Gasteiger partial charge in [-0.25, -0.2) is 4.39 Å². The molecule has 0 spiro atoms. The van der Waals surface area contributed by atoms with Gasteiger partial charge >= 0.3 is 0 Å². The summed E-state index contributed by atoms with van der Waals surface area (Å²) in [5.74, 6) is 0.142. The van der Waals surface area contributed by atoms with E-state index in [-0.39, 0.29) is 5.56 Å². The van der Waals surface area contributed by atoms with E-state index in [0.717, 1.165) is 30.5 Å². The summed E-state index contributed by atoms with van der Waals surface area (Å²) in [5.41, 5.74) is 4.94. The summed E-state index contributed by atoms with van der Waals surface area (Å²) < 4.78 is 14.4. The molecular formula is C27H34FN3. The number of nitrogens with one attached hydrogen (secondary N) is 1. The zero-order chi connectivity index (χ0) is 22.0. The molecule has 164 valence electrons. The summed E-state index contributed by atoms with van der Waals surface area (Å²) in [6.45, 7) is 5.60. The minimum absolute atomic E-state index is 0.108. The molecule has 0 aromatic heterocycles. The van der Waals surface area contributed by atoms with Crippen molar-refractivity contribution in [3.63, 3.8) is 0 Å². The van der Waals surface area contributed by atoms with Crippen molar-refractivity contribution in [2.75, 3.05) is 13.6 Å². The number of likely N-dealkylation sites (N-methyl/N-ethyl adjacent to an activating group) is 1. The Labute approximate surface area is 186 Å². The first kappa shape index (κ1) is 22.0. The minimum atomic E-state index is -0.432. The second kappa shape index (κ2) is 9.51. The summed E-state index contributed by atoms with van der Waals surface area (Å²) in [5, 5.41) is 12.9. The van der Waals surface area contributed by atoms with Crippen LogP contribution in [0.1, 0.15) is 68.6 Å². The Bertz CT molecular complexity index is 957. The predicted molar refractivity (Wildman–Crippen MR) is 125 cm³/mol. The molecule has 4 rings (SSSR count). The average molecular weight is 420 g/mol. The van der Waals surface area contributed by atoms with Crippen molar-refractivity contribution in [1.82, 2.24) is 10.2 Å². The maximum absolute atomic E-state index is 14.4. The van der Waals surface area contributed by atoms with E-state index in [0.29, 0.717) is 24.0 Å². The molecule has 31 heavy (non-hydrogen) atoms. The maximum atomic E-state index is 14.4. The molecule has 1 saturated carbocycles. The van der Waals surface area contributed by atoms with Crippen LogP contribution < -0.4 is 5.32 Å². The highest BCUT2D eigenvalue weighted by molar-refractivity contribution is 5.71. The summed E-state index contributed by atoms with van der Waals surface area (Å²) in [6.07, 6.45) is 7.08. The monoisotopic (exact) mass is 419 g/mol. The number of hydrogen-bond donors (Lipinski definition) is 1. The van der Waals surface area contributed by atoms with E-state index in [4.69, 9.17) is 5.26 Å². The van der Waals surface area contributed by atoms with Crippen LogP contribution in [0.3, 0.4) is 0 Å². The lowest BCUT2D eigenvalue weighted by Crippen LogP contribution is -2.40. The van der Waals surface area contributed by atoms with Gasteiger partial charge in [0, 0.05) is 18.1 Å². The van der Waals surface area contributed by atoms with Crippen molar-refractivity contribution in [1.29, 1.82) is 5.26 Å². The number of halogens is 1. The van der Waals surface area contributed by atoms with Gasteiger partial charge in [0.25, 0.3) is 0 Å². The van der Waals surface area contributed by atoms with Gasteiger partial charge < -0.3 is 10.2 Å². The average Bonchev–Trinajstić information content (AvgIpc) is 3.58. The van der Waals surface area contributed by atoms with Gasteiger partial charge in [0.2, 0.25) is 0 Å². The number of nitrogens with zero attached hydrogens (tertiary/aromatic N) is 2. The molecule has 1 N–H and O–H groups in total. The predicted octanol–water partition coefficient (Wildman–Crippen LogP) is 5.64. The number of hydrogen-bond acceptors (Lipinski definition) is 3. The van der Waals surface area contributed by atoms with E-state index in [1.54, 1.807) is 6.07 Å². The van der Waals surface area contributed by atoms with Crippen molar-refractivity contribution >= 4 is 0 Å². The van der Waals surface area contributed by atoms with Crippen molar-refractivity contribution < 1.29 is 4.39 Å². The van der Waals surface area contributed by atoms with Gasteiger partial charge in [0.1, 0.15) is 11.9 Å². The van der Waals surface area contributed by atoms with Gasteiger partial charge in [-0.2, -0.15) is 5.26 Å². The largest absolute Gasteiger partial charge is 0.312 e. The van der Waals surface area contributed by atoms with Crippen LogP contribution in [0, 0.1) is 17.1 Å². The highest BCUT2D eigenvalue weighted by atomic mass is 19.1. The van der Waals surface area contributed by atoms with Crippen LogP contribution >= 0.6 is 0 Å². The zero-order valence-corrected chi connectivity index (χ0v) is 19.0. The van der Waals surface area contributed by atoms with Crippen molar-refractivity contribution in [2.45, 2.75) is 76.4 Å². The Kier molecular flexibility index (Phi) is 6.74. The van der Waals surface area contributed by atoms with Crippen LogP contribution in [0.25, 0.3) is 11.1 Å². The lowest BCUT2D eigenvalue weighted by atomic mass is 9.88. The van der Waals surface area contributed by atoms with E-state index < -0.39 is 5.82 Å². The molecule has 1 aliphatic carbocycles. The number of likely N-dealkylation sites (tertiary alicyclic amines) is 1. The maximum Gasteiger partial charge on any atom is 0.141 e. The second-order valence-corrected chi connectivity index (χ2v) is 9.69. The van der Waals surface area contributed by atoms with Crippen LogP contribution in [0.5, 0.6) is 0 Å². The third kappa shape index (κ3) is 5.17. The van der Waals surface area contributed by atoms with E-state index in [2.05, 4.69) is 49.3 Å². The summed E-state index contributed by atoms with van der Waals surface area (Å²) in [7, 11) is 2.26. The Morgan fingerprint density at radius 3 is 2.68 bits per heavy atom. The fraction of sp³-hybridized carbons (Fsp3) is 0.519. The second-order valence-electron chi connectivity index (χ2n) is 9.69. The lowest BCUT2D eigenvalue weighted by Gasteiger charge is -2.30. The Morgan fingerprint density at radius 1 is 1.19 bits per heavy atom. The lowest BCUT2D eigenvalue weighted by molar-refractivity contribution is 0.235. The molecule has 0 bridgehead atoms. The third-order valence-corrected chi connectivity index (χ3v) is 6.85. The van der Waals surface area contributed by atoms with Gasteiger partial charge in [-0.1, -0.05) is 38.1 Å². The Morgan fingerprint density at radius 2 is 2.00 bits per heavy atom. The highest BCUT2D eigenvalue weighted by Gasteiger charge is 2.31. The Balaban J connectivity index is 1.65. The van der Waals surface area contributed by atoms with E-state index in [1.165, 1.54) is 42.9 Å². The van der Waals surface area contributed by atoms with Gasteiger partial charge in [-0.05, 0) is 92.4 Å². The van der Waals surface area contributed by atoms with Crippen molar-refractivity contribution in [3.8, 4) is 17.2 Å². The summed E-state index contributed by atoms with van der Waals surface area (Å²) in [4.78, 5) is 2.53. The molecule has 2 atom stereocenters. The molecule has 1 aliphatic heterocycles. The molecule has 1 heterocycles. The van der Waals surface area contributed by atoms with Crippen molar-refractivity contribution in [3.05, 3.63) is 58.9 Å². The summed E-state index contributed by atoms with van der Waals surface area (Å²) >= 11 is 0. The standard InChI is InChI=1S/C27H34FN3/c1-18(2)30-23-7-5-13-31(3)24(16-23)14-21-6-4-8-25(27(21)19-9-10-19)20-11-12-22(17-29)26(28)15-20/h4,6,8,11-12,15,18-19,23-24,30H,5,7,9-10,13-14,16H2,1-3H3/t23-,24?/m0/s1. The van der Waals surface area contributed by atoms with Crippen LogP contribution in [0.4, 0.5) is 4.39 Å². The smallest absolute Gasteiger partial charge is 0.141 e. The molecule has 0 radical (unpaired) electrons. The molecule has 2 aliphatic rings. The first-order valence-electron chi connectivity index (χ1n) is 11.7. The third-order valence-electron chi connectivity index (χ3n) is 6.85. The molecule has 4 heteroatoms. The fourth-order valence-electron chi connectivity index (χ4n) is 5.18. The quantitative estimate of drug-likeness (QED) is 0.659. The zero-order valence-electron chi connectivity index (χ0n) is 19.0. The minimum Gasteiger partial charge on any atom is -0.312 e. The molecule has 2 aromatic carbocycles. The molecular weight excluding hydrogens is 385 g/mol. The van der Waals surface area contributed by atoms with Crippen LogP contribution in [-0.2, 0) is 6.42 Å². The molecule has 0 amide bonds. The normalized spacial score (nSPS) is 22.3. The highest BCUT2D eigenvalue weighted by Crippen LogP contribution is 2.46. The van der Waals surface area contributed by atoms with Crippen LogP contribution in [0.2, 0.25) is 0 Å². The molecule has 2 aromatic rings. The number of nitriles is 1. The molecule has 1 saturated heterocycles. The topological polar surface area (TPSA) is 39.1 Å². The first-order valence-corrected chi connectivity index (χ1v) is 11.7. The number of benzene rings is 2. The molecule has 1 unspecified atom stereocenters. The number of rotatable bonds is 6. The van der Waals surface area contributed by atoms with Crippen LogP contribution in [-0.4, -0.2) is 36.6 Å². The SMILES string of the molecule is CC(C)N[C@H]1CCCN(C)C(Cc2cccc(-c3ccc(C#N)c(F)c3)c2C2CC2)C1.